The molecule has 5 heteroatoms. The fourth-order valence-corrected chi connectivity index (χ4v) is 1.91. The molecule has 0 atom stereocenters. The van der Waals surface area contributed by atoms with Crippen LogP contribution in [0.4, 0.5) is 10.1 Å². The zero-order valence-corrected chi connectivity index (χ0v) is 11.5. The van der Waals surface area contributed by atoms with E-state index in [1.54, 1.807) is 24.3 Å². The third-order valence-corrected chi connectivity index (χ3v) is 3.04. The highest BCUT2D eigenvalue weighted by molar-refractivity contribution is 7.80. The average Bonchev–Trinajstić information content (AvgIpc) is 2.37. The van der Waals surface area contributed by atoms with E-state index < -0.39 is 5.82 Å². The molecule has 1 amide bonds. The number of carbonyl (C=O) groups excluding carboxylic acids is 1. The summed E-state index contributed by atoms with van der Waals surface area (Å²) >= 11 is 9.91. The van der Waals surface area contributed by atoms with Gasteiger partial charge in [0.2, 0.25) is 5.91 Å². The van der Waals surface area contributed by atoms with Gasteiger partial charge in [0.15, 0.2) is 0 Å². The fourth-order valence-electron chi connectivity index (χ4n) is 1.59. The molecule has 2 aromatic carbocycles. The lowest BCUT2D eigenvalue weighted by Crippen LogP contribution is -2.15. The number of amides is 1. The lowest BCUT2D eigenvalue weighted by molar-refractivity contribution is -0.115. The molecule has 1 N–H and O–H groups in total. The van der Waals surface area contributed by atoms with E-state index in [4.69, 9.17) is 11.6 Å². The van der Waals surface area contributed by atoms with Crippen molar-refractivity contribution in [3.8, 4) is 0 Å². The molecule has 0 aliphatic rings. The van der Waals surface area contributed by atoms with Crippen molar-refractivity contribution in [2.75, 3.05) is 5.32 Å². The molecular formula is C14H11ClFNOS. The molecule has 98 valence electrons. The highest BCUT2D eigenvalue weighted by Gasteiger charge is 2.08. The summed E-state index contributed by atoms with van der Waals surface area (Å²) in [6.45, 7) is 0. The van der Waals surface area contributed by atoms with Gasteiger partial charge in [-0.3, -0.25) is 4.79 Å². The van der Waals surface area contributed by atoms with Crippen LogP contribution in [-0.4, -0.2) is 5.91 Å². The Hall–Kier alpha value is -1.52. The van der Waals surface area contributed by atoms with E-state index in [9.17, 15) is 9.18 Å². The van der Waals surface area contributed by atoms with E-state index in [2.05, 4.69) is 17.9 Å². The van der Waals surface area contributed by atoms with E-state index >= 15 is 0 Å². The van der Waals surface area contributed by atoms with Crippen LogP contribution in [0.1, 0.15) is 5.56 Å². The second-order valence-corrected chi connectivity index (χ2v) is 4.97. The van der Waals surface area contributed by atoms with Crippen LogP contribution < -0.4 is 5.32 Å². The van der Waals surface area contributed by atoms with Crippen LogP contribution in [-0.2, 0) is 11.2 Å². The molecule has 0 saturated carbocycles. The van der Waals surface area contributed by atoms with E-state index in [0.29, 0.717) is 5.02 Å². The summed E-state index contributed by atoms with van der Waals surface area (Å²) in [6.07, 6.45) is 0.167. The second kappa shape index (κ2) is 6.08. The monoisotopic (exact) mass is 295 g/mol. The van der Waals surface area contributed by atoms with Crippen LogP contribution in [0.5, 0.6) is 0 Å². The zero-order chi connectivity index (χ0) is 13.8. The molecule has 0 heterocycles. The molecule has 0 aromatic heterocycles. The van der Waals surface area contributed by atoms with E-state index in [0.717, 1.165) is 10.5 Å². The summed E-state index contributed by atoms with van der Waals surface area (Å²) in [5.74, 6) is -0.809. The number of hydrogen-bond donors (Lipinski definition) is 2. The van der Waals surface area contributed by atoms with Gasteiger partial charge in [-0.1, -0.05) is 23.7 Å². The number of nitrogens with one attached hydrogen (secondary N) is 1. The smallest absolute Gasteiger partial charge is 0.228 e. The Morgan fingerprint density at radius 1 is 1.21 bits per heavy atom. The Balaban J connectivity index is 2.05. The number of hydrogen-bond acceptors (Lipinski definition) is 2. The molecule has 2 nitrogen and oxygen atoms in total. The van der Waals surface area contributed by atoms with Crippen molar-refractivity contribution in [3.05, 3.63) is 58.9 Å². The maximum atomic E-state index is 13.4. The van der Waals surface area contributed by atoms with E-state index in [-0.39, 0.29) is 18.0 Å². The number of thiol groups is 1. The predicted molar refractivity (Wildman–Crippen MR) is 77.4 cm³/mol. The number of anilines is 1. The SMILES string of the molecule is O=C(Cc1ccc(S)cc1)Nc1cc(Cl)ccc1F. The van der Waals surface area contributed by atoms with Gasteiger partial charge >= 0.3 is 0 Å². The summed E-state index contributed by atoms with van der Waals surface area (Å²) in [5.41, 5.74) is 0.918. The molecule has 0 unspecified atom stereocenters. The van der Waals surface area contributed by atoms with Gasteiger partial charge in [-0.25, -0.2) is 4.39 Å². The van der Waals surface area contributed by atoms with Crippen LogP contribution in [0.2, 0.25) is 5.02 Å². The standard InChI is InChI=1S/C14H11ClFNOS/c15-10-3-6-12(16)13(8-10)17-14(18)7-9-1-4-11(19)5-2-9/h1-6,8,19H,7H2,(H,17,18). The minimum atomic E-state index is -0.511. The summed E-state index contributed by atoms with van der Waals surface area (Å²) in [4.78, 5) is 12.6. The van der Waals surface area contributed by atoms with E-state index in [1.165, 1.54) is 18.2 Å². The third kappa shape index (κ3) is 3.98. The molecular weight excluding hydrogens is 285 g/mol. The van der Waals surface area contributed by atoms with Gasteiger partial charge < -0.3 is 5.32 Å². The maximum absolute atomic E-state index is 13.4. The fraction of sp³-hybridized carbons (Fsp3) is 0.0714. The summed E-state index contributed by atoms with van der Waals surface area (Å²) < 4.78 is 13.4. The highest BCUT2D eigenvalue weighted by Crippen LogP contribution is 2.19. The number of rotatable bonds is 3. The molecule has 19 heavy (non-hydrogen) atoms. The Morgan fingerprint density at radius 3 is 2.58 bits per heavy atom. The van der Waals surface area contributed by atoms with Crippen LogP contribution >= 0.6 is 24.2 Å². The van der Waals surface area contributed by atoms with Crippen molar-refractivity contribution in [1.82, 2.24) is 0 Å². The molecule has 2 aromatic rings. The van der Waals surface area contributed by atoms with Crippen molar-refractivity contribution < 1.29 is 9.18 Å². The van der Waals surface area contributed by atoms with Crippen molar-refractivity contribution >= 4 is 35.8 Å². The first-order valence-electron chi connectivity index (χ1n) is 5.57. The number of halogens is 2. The van der Waals surface area contributed by atoms with Gasteiger partial charge in [0.05, 0.1) is 12.1 Å². The predicted octanol–water partition coefficient (Wildman–Crippen LogP) is 3.95. The molecule has 0 aliphatic carbocycles. The van der Waals surface area contributed by atoms with Gasteiger partial charge in [0.25, 0.3) is 0 Å². The molecule has 2 rings (SSSR count). The summed E-state index contributed by atoms with van der Waals surface area (Å²) in [7, 11) is 0. The van der Waals surface area contributed by atoms with Gasteiger partial charge in [-0.2, -0.15) is 0 Å². The van der Waals surface area contributed by atoms with Crippen molar-refractivity contribution in [1.29, 1.82) is 0 Å². The Labute approximate surface area is 121 Å². The molecule has 0 radical (unpaired) electrons. The molecule has 0 fully saturated rings. The normalized spacial score (nSPS) is 10.3. The summed E-state index contributed by atoms with van der Waals surface area (Å²) in [6, 6.07) is 11.2. The Morgan fingerprint density at radius 2 is 1.89 bits per heavy atom. The second-order valence-electron chi connectivity index (χ2n) is 4.02. The zero-order valence-electron chi connectivity index (χ0n) is 9.86. The average molecular weight is 296 g/mol. The first kappa shape index (κ1) is 13.9. The van der Waals surface area contributed by atoms with Gasteiger partial charge in [-0.15, -0.1) is 12.6 Å². The van der Waals surface area contributed by atoms with Crippen LogP contribution in [0.25, 0.3) is 0 Å². The Kier molecular flexibility index (Phi) is 4.45. The van der Waals surface area contributed by atoms with Crippen LogP contribution in [0.3, 0.4) is 0 Å². The lowest BCUT2D eigenvalue weighted by atomic mass is 10.1. The van der Waals surface area contributed by atoms with Crippen LogP contribution in [0.15, 0.2) is 47.4 Å². The van der Waals surface area contributed by atoms with Gasteiger partial charge in [0, 0.05) is 9.92 Å². The summed E-state index contributed by atoms with van der Waals surface area (Å²) in [5, 5.41) is 2.87. The molecule has 0 spiro atoms. The minimum absolute atomic E-state index is 0.0864. The quantitative estimate of drug-likeness (QED) is 0.825. The van der Waals surface area contributed by atoms with Gasteiger partial charge in [-0.05, 0) is 35.9 Å². The molecule has 0 bridgehead atoms. The maximum Gasteiger partial charge on any atom is 0.228 e. The van der Waals surface area contributed by atoms with Crippen molar-refractivity contribution in [2.45, 2.75) is 11.3 Å². The van der Waals surface area contributed by atoms with Crippen molar-refractivity contribution in [3.63, 3.8) is 0 Å². The molecule has 0 aliphatic heterocycles. The highest BCUT2D eigenvalue weighted by atomic mass is 35.5. The number of benzene rings is 2. The topological polar surface area (TPSA) is 29.1 Å². The third-order valence-electron chi connectivity index (χ3n) is 2.50. The minimum Gasteiger partial charge on any atom is -0.323 e. The molecule has 0 saturated heterocycles. The van der Waals surface area contributed by atoms with E-state index in [1.807, 2.05) is 0 Å². The largest absolute Gasteiger partial charge is 0.323 e. The Bertz CT molecular complexity index is 601. The first-order chi connectivity index (χ1) is 9.04. The number of carbonyl (C=O) groups is 1. The van der Waals surface area contributed by atoms with Gasteiger partial charge in [0.1, 0.15) is 5.82 Å². The van der Waals surface area contributed by atoms with Crippen LogP contribution in [0, 0.1) is 5.82 Å². The first-order valence-corrected chi connectivity index (χ1v) is 6.40. The van der Waals surface area contributed by atoms with Crippen molar-refractivity contribution in [2.24, 2.45) is 0 Å². The lowest BCUT2D eigenvalue weighted by Gasteiger charge is -2.07.